The van der Waals surface area contributed by atoms with Crippen molar-refractivity contribution in [2.45, 2.75) is 5.75 Å². The monoisotopic (exact) mass is 304 g/mol. The molecule has 0 aliphatic rings. The molecule has 0 bridgehead atoms. The summed E-state index contributed by atoms with van der Waals surface area (Å²) in [4.78, 5) is 22.1. The topological polar surface area (TPSA) is 86.7 Å². The molecule has 0 saturated carbocycles. The molecule has 110 valence electrons. The van der Waals surface area contributed by atoms with E-state index in [1.54, 1.807) is 0 Å². The highest BCUT2D eigenvalue weighted by Gasteiger charge is 2.19. The van der Waals surface area contributed by atoms with E-state index in [0.29, 0.717) is 0 Å². The summed E-state index contributed by atoms with van der Waals surface area (Å²) in [6, 6.07) is 3.33. The van der Waals surface area contributed by atoms with Crippen LogP contribution in [0, 0.1) is 5.82 Å². The van der Waals surface area contributed by atoms with E-state index < -0.39 is 39.1 Å². The summed E-state index contributed by atoms with van der Waals surface area (Å²) < 4.78 is 45.5. The second kappa shape index (κ2) is 6.47. The van der Waals surface area contributed by atoms with E-state index in [4.69, 9.17) is 0 Å². The van der Waals surface area contributed by atoms with Gasteiger partial charge in [-0.15, -0.1) is 0 Å². The molecule has 0 heterocycles. The molecule has 8 heteroatoms. The molecule has 0 atom stereocenters. The van der Waals surface area contributed by atoms with E-state index >= 15 is 0 Å². The van der Waals surface area contributed by atoms with Gasteiger partial charge in [0.2, 0.25) is 0 Å². The highest BCUT2D eigenvalue weighted by Crippen LogP contribution is 2.14. The van der Waals surface area contributed by atoms with Gasteiger partial charge in [-0.2, -0.15) is 0 Å². The Morgan fingerprint density at radius 2 is 1.85 bits per heavy atom. The van der Waals surface area contributed by atoms with Gasteiger partial charge < -0.3 is 9.47 Å². The average molecular weight is 304 g/mol. The molecule has 1 aromatic rings. The number of hydrogen-bond acceptors (Lipinski definition) is 6. The predicted molar refractivity (Wildman–Crippen MR) is 67.2 cm³/mol. The van der Waals surface area contributed by atoms with Gasteiger partial charge in [0.1, 0.15) is 11.6 Å². The van der Waals surface area contributed by atoms with E-state index in [-0.39, 0.29) is 11.1 Å². The summed E-state index contributed by atoms with van der Waals surface area (Å²) in [5, 5.41) is 0. The van der Waals surface area contributed by atoms with Crippen molar-refractivity contribution in [1.82, 2.24) is 0 Å². The molecule has 0 radical (unpaired) electrons. The van der Waals surface area contributed by atoms with Crippen molar-refractivity contribution >= 4 is 21.8 Å². The van der Waals surface area contributed by atoms with Gasteiger partial charge in [-0.25, -0.2) is 17.6 Å². The Kier molecular flexibility index (Phi) is 5.20. The van der Waals surface area contributed by atoms with Gasteiger partial charge in [0.15, 0.2) is 9.84 Å². The minimum atomic E-state index is -3.76. The zero-order valence-corrected chi connectivity index (χ0v) is 11.7. The van der Waals surface area contributed by atoms with E-state index in [9.17, 15) is 22.4 Å². The van der Waals surface area contributed by atoms with Gasteiger partial charge in [0, 0.05) is 0 Å². The van der Waals surface area contributed by atoms with Crippen LogP contribution in [-0.2, 0) is 29.9 Å². The van der Waals surface area contributed by atoms with Crippen molar-refractivity contribution in [3.05, 3.63) is 35.1 Å². The van der Waals surface area contributed by atoms with Crippen LogP contribution in [0.25, 0.3) is 0 Å². The van der Waals surface area contributed by atoms with Crippen molar-refractivity contribution in [1.29, 1.82) is 0 Å². The van der Waals surface area contributed by atoms with Gasteiger partial charge in [0.05, 0.1) is 25.5 Å². The summed E-state index contributed by atoms with van der Waals surface area (Å²) in [7, 11) is -1.58. The highest BCUT2D eigenvalue weighted by molar-refractivity contribution is 7.91. The van der Waals surface area contributed by atoms with Crippen molar-refractivity contribution in [3.63, 3.8) is 0 Å². The molecule has 0 saturated heterocycles. The summed E-state index contributed by atoms with van der Waals surface area (Å²) in [6.07, 6.45) is 0. The van der Waals surface area contributed by atoms with Crippen LogP contribution in [0.4, 0.5) is 4.39 Å². The van der Waals surface area contributed by atoms with Gasteiger partial charge >= 0.3 is 11.9 Å². The SMILES string of the molecule is COC(=O)CS(=O)(=O)Cc1ccc(C(=O)OC)c(F)c1. The number of rotatable bonds is 5. The predicted octanol–water partition coefficient (Wildman–Crippen LogP) is 0.700. The lowest BCUT2D eigenvalue weighted by atomic mass is 10.1. The maximum atomic E-state index is 13.6. The van der Waals surface area contributed by atoms with Crippen LogP contribution in [0.5, 0.6) is 0 Å². The first-order valence-corrected chi connectivity index (χ1v) is 7.25. The van der Waals surface area contributed by atoms with E-state index in [1.807, 2.05) is 0 Å². The first-order chi connectivity index (χ1) is 9.29. The fraction of sp³-hybridized carbons (Fsp3) is 0.333. The zero-order chi connectivity index (χ0) is 15.3. The van der Waals surface area contributed by atoms with Crippen molar-refractivity contribution in [2.24, 2.45) is 0 Å². The first-order valence-electron chi connectivity index (χ1n) is 5.43. The van der Waals surface area contributed by atoms with Crippen LogP contribution in [0.1, 0.15) is 15.9 Å². The molecule has 0 fully saturated rings. The molecule has 1 rings (SSSR count). The molecule has 0 amide bonds. The second-order valence-corrected chi connectivity index (χ2v) is 5.98. The normalized spacial score (nSPS) is 10.9. The van der Waals surface area contributed by atoms with Crippen LogP contribution in [0.2, 0.25) is 0 Å². The largest absolute Gasteiger partial charge is 0.468 e. The van der Waals surface area contributed by atoms with Gasteiger partial charge in [0.25, 0.3) is 0 Å². The van der Waals surface area contributed by atoms with Gasteiger partial charge in [-0.1, -0.05) is 6.07 Å². The van der Waals surface area contributed by atoms with E-state index in [0.717, 1.165) is 26.4 Å². The standard InChI is InChI=1S/C12H13FO6S/c1-18-11(14)7-20(16,17)6-8-3-4-9(10(13)5-8)12(15)19-2/h3-5H,6-7H2,1-2H3. The molecule has 0 spiro atoms. The third kappa shape index (κ3) is 4.30. The smallest absolute Gasteiger partial charge is 0.340 e. The summed E-state index contributed by atoms with van der Waals surface area (Å²) in [6.45, 7) is 0. The van der Waals surface area contributed by atoms with Crippen molar-refractivity contribution < 1.29 is 31.9 Å². The Bertz CT molecular complexity index is 623. The van der Waals surface area contributed by atoms with Crippen LogP contribution in [0.15, 0.2) is 18.2 Å². The number of carbonyl (C=O) groups is 2. The third-order valence-electron chi connectivity index (χ3n) is 2.39. The average Bonchev–Trinajstić information content (AvgIpc) is 2.36. The number of ether oxygens (including phenoxy) is 2. The highest BCUT2D eigenvalue weighted by atomic mass is 32.2. The van der Waals surface area contributed by atoms with E-state index in [1.165, 1.54) is 6.07 Å². The molecule has 1 aromatic carbocycles. The summed E-state index contributed by atoms with van der Waals surface area (Å²) in [5.41, 5.74) is -0.166. The Balaban J connectivity index is 2.92. The maximum absolute atomic E-state index is 13.6. The maximum Gasteiger partial charge on any atom is 0.340 e. The Morgan fingerprint density at radius 3 is 2.35 bits per heavy atom. The molecule has 20 heavy (non-hydrogen) atoms. The quantitative estimate of drug-likeness (QED) is 0.744. The van der Waals surface area contributed by atoms with Crippen LogP contribution in [0.3, 0.4) is 0 Å². The number of halogens is 1. The molecule has 0 aliphatic heterocycles. The van der Waals surface area contributed by atoms with E-state index in [2.05, 4.69) is 9.47 Å². The molecule has 0 aliphatic carbocycles. The molecule has 0 aromatic heterocycles. The lowest BCUT2D eigenvalue weighted by Crippen LogP contribution is -2.19. The second-order valence-electron chi connectivity index (χ2n) is 3.91. The third-order valence-corrected chi connectivity index (χ3v) is 3.84. The van der Waals surface area contributed by atoms with Crippen LogP contribution < -0.4 is 0 Å². The molecule has 6 nitrogen and oxygen atoms in total. The summed E-state index contributed by atoms with van der Waals surface area (Å²) in [5.74, 6) is -3.95. The fourth-order valence-corrected chi connectivity index (χ4v) is 2.73. The number of hydrogen-bond donors (Lipinski definition) is 0. The van der Waals surface area contributed by atoms with Crippen molar-refractivity contribution in [3.8, 4) is 0 Å². The minimum Gasteiger partial charge on any atom is -0.468 e. The van der Waals surface area contributed by atoms with Gasteiger partial charge in [-0.05, 0) is 17.7 Å². The molecular weight excluding hydrogens is 291 g/mol. The Morgan fingerprint density at radius 1 is 1.20 bits per heavy atom. The molecular formula is C12H13FO6S. The van der Waals surface area contributed by atoms with Crippen LogP contribution in [-0.4, -0.2) is 40.3 Å². The molecule has 0 N–H and O–H groups in total. The number of esters is 2. The van der Waals surface area contributed by atoms with Crippen LogP contribution >= 0.6 is 0 Å². The lowest BCUT2D eigenvalue weighted by molar-refractivity contribution is -0.137. The molecule has 0 unspecified atom stereocenters. The van der Waals surface area contributed by atoms with Gasteiger partial charge in [-0.3, -0.25) is 4.79 Å². The summed E-state index contributed by atoms with van der Waals surface area (Å²) >= 11 is 0. The number of carbonyl (C=O) groups excluding carboxylic acids is 2. The number of methoxy groups -OCH3 is 2. The fourth-order valence-electron chi connectivity index (χ4n) is 1.47. The number of sulfone groups is 1. The number of benzene rings is 1. The minimum absolute atomic E-state index is 0.124. The zero-order valence-electron chi connectivity index (χ0n) is 10.9. The van der Waals surface area contributed by atoms with Crippen molar-refractivity contribution in [2.75, 3.05) is 20.0 Å². The Labute approximate surface area is 115 Å². The Hall–Kier alpha value is -1.96. The lowest BCUT2D eigenvalue weighted by Gasteiger charge is -2.06. The first kappa shape index (κ1) is 16.1.